The number of aromatic amines is 1. The molecule has 3 aliphatic rings. The lowest BCUT2D eigenvalue weighted by Gasteiger charge is -2.36. The predicted molar refractivity (Wildman–Crippen MR) is 106 cm³/mol. The van der Waals surface area contributed by atoms with Gasteiger partial charge in [0, 0.05) is 50.9 Å². The van der Waals surface area contributed by atoms with Crippen LogP contribution in [0.2, 0.25) is 0 Å². The number of nitrogens with one attached hydrogen (secondary N) is 1. The molecule has 3 amide bonds. The van der Waals surface area contributed by atoms with E-state index < -0.39 is 0 Å². The molecule has 0 saturated carbocycles. The summed E-state index contributed by atoms with van der Waals surface area (Å²) in [5.74, 6) is 0.429. The molecule has 27 heavy (non-hydrogen) atoms. The summed E-state index contributed by atoms with van der Waals surface area (Å²) < 4.78 is 0. The summed E-state index contributed by atoms with van der Waals surface area (Å²) in [5, 5.41) is 1.11. The van der Waals surface area contributed by atoms with E-state index in [0.29, 0.717) is 12.5 Å². The highest BCUT2D eigenvalue weighted by Crippen LogP contribution is 2.31. The van der Waals surface area contributed by atoms with E-state index in [1.54, 1.807) is 19.0 Å². The zero-order valence-electron chi connectivity index (χ0n) is 16.6. The van der Waals surface area contributed by atoms with Crippen molar-refractivity contribution in [3.63, 3.8) is 0 Å². The number of H-pyrrole nitrogens is 1. The van der Waals surface area contributed by atoms with Crippen LogP contribution in [-0.4, -0.2) is 71.4 Å². The first kappa shape index (κ1) is 17.9. The molecule has 0 unspecified atom stereocenters. The average molecular weight is 368 g/mol. The fraction of sp³-hybridized carbons (Fsp3) is 0.524. The number of para-hydroxylation sites is 1. The van der Waals surface area contributed by atoms with E-state index in [-0.39, 0.29) is 18.0 Å². The fourth-order valence-electron chi connectivity index (χ4n) is 4.59. The number of rotatable bonds is 1. The van der Waals surface area contributed by atoms with Gasteiger partial charge < -0.3 is 19.7 Å². The second-order valence-electron chi connectivity index (χ2n) is 8.24. The minimum Gasteiger partial charge on any atom is -0.358 e. The van der Waals surface area contributed by atoms with Crippen molar-refractivity contribution in [3.8, 4) is 0 Å². The highest BCUT2D eigenvalue weighted by molar-refractivity contribution is 6.07. The Morgan fingerprint density at radius 1 is 1.11 bits per heavy atom. The van der Waals surface area contributed by atoms with Crippen LogP contribution in [-0.2, 0) is 0 Å². The highest BCUT2D eigenvalue weighted by Gasteiger charge is 2.39. The number of fused-ring (bicyclic) bond motifs is 5. The topological polar surface area (TPSA) is 59.7 Å². The average Bonchev–Trinajstić information content (AvgIpc) is 2.84. The number of hydrogen-bond donors (Lipinski definition) is 1. The standard InChI is InChI=1S/C21H28N4O2/c1-13-14(2)22-19-17(13)6-5-7-18(19)20(26)25-11-15-8-9-16(25)12-24(10-15)21(27)23(3)4/h5-7,15-16,22H,8-12H2,1-4H3/t15-,16+/m1/s1. The minimum atomic E-state index is 0.0407. The molecule has 3 aliphatic heterocycles. The van der Waals surface area contributed by atoms with Gasteiger partial charge in [-0.25, -0.2) is 4.79 Å². The number of carbonyl (C=O) groups excluding carboxylic acids is 2. The van der Waals surface area contributed by atoms with Crippen molar-refractivity contribution >= 4 is 22.8 Å². The van der Waals surface area contributed by atoms with Gasteiger partial charge in [-0.1, -0.05) is 12.1 Å². The van der Waals surface area contributed by atoms with Crippen LogP contribution in [0.15, 0.2) is 18.2 Å². The summed E-state index contributed by atoms with van der Waals surface area (Å²) in [6, 6.07) is 6.08. The number of amides is 3. The number of carbonyl (C=O) groups is 2. The summed E-state index contributed by atoms with van der Waals surface area (Å²) in [4.78, 5) is 34.9. The van der Waals surface area contributed by atoms with Crippen LogP contribution >= 0.6 is 0 Å². The van der Waals surface area contributed by atoms with Crippen LogP contribution in [0.1, 0.15) is 34.5 Å². The molecule has 4 heterocycles. The third-order valence-electron chi connectivity index (χ3n) is 6.20. The van der Waals surface area contributed by atoms with Crippen LogP contribution in [0.25, 0.3) is 10.9 Å². The Morgan fingerprint density at radius 3 is 2.63 bits per heavy atom. The smallest absolute Gasteiger partial charge is 0.319 e. The first-order valence-corrected chi connectivity index (χ1v) is 9.72. The zero-order valence-corrected chi connectivity index (χ0v) is 16.6. The third kappa shape index (κ3) is 2.97. The van der Waals surface area contributed by atoms with Crippen molar-refractivity contribution in [3.05, 3.63) is 35.0 Å². The van der Waals surface area contributed by atoms with Gasteiger partial charge >= 0.3 is 6.03 Å². The predicted octanol–water partition coefficient (Wildman–Crippen LogP) is 3.00. The molecule has 2 atom stereocenters. The molecule has 5 rings (SSSR count). The summed E-state index contributed by atoms with van der Waals surface area (Å²) in [6.45, 7) is 6.22. The van der Waals surface area contributed by atoms with Crippen molar-refractivity contribution in [2.75, 3.05) is 33.7 Å². The monoisotopic (exact) mass is 368 g/mol. The number of aryl methyl sites for hydroxylation is 2. The number of urea groups is 1. The molecule has 0 radical (unpaired) electrons. The van der Waals surface area contributed by atoms with Crippen molar-refractivity contribution < 1.29 is 9.59 Å². The Morgan fingerprint density at radius 2 is 1.89 bits per heavy atom. The Labute approximate surface area is 160 Å². The quantitative estimate of drug-likeness (QED) is 0.841. The Kier molecular flexibility index (Phi) is 4.36. The van der Waals surface area contributed by atoms with Crippen LogP contribution in [0, 0.1) is 19.8 Å². The van der Waals surface area contributed by atoms with E-state index in [0.717, 1.165) is 48.1 Å². The summed E-state index contributed by atoms with van der Waals surface area (Å²) in [6.07, 6.45) is 2.04. The molecular formula is C21H28N4O2. The summed E-state index contributed by atoms with van der Waals surface area (Å²) in [7, 11) is 3.57. The van der Waals surface area contributed by atoms with Gasteiger partial charge in [0.2, 0.25) is 0 Å². The maximum Gasteiger partial charge on any atom is 0.319 e. The molecule has 6 heteroatoms. The number of benzene rings is 1. The zero-order chi connectivity index (χ0) is 19.3. The lowest BCUT2D eigenvalue weighted by Crippen LogP contribution is -2.48. The first-order valence-electron chi connectivity index (χ1n) is 9.72. The molecule has 1 N–H and O–H groups in total. The number of piperidine rings is 1. The number of nitrogens with zero attached hydrogens (tertiary/aromatic N) is 3. The molecule has 3 fully saturated rings. The van der Waals surface area contributed by atoms with Gasteiger partial charge in [0.05, 0.1) is 11.1 Å². The maximum atomic E-state index is 13.5. The lowest BCUT2D eigenvalue weighted by atomic mass is 9.94. The molecule has 1 aromatic carbocycles. The second-order valence-corrected chi connectivity index (χ2v) is 8.24. The Hall–Kier alpha value is -2.50. The lowest BCUT2D eigenvalue weighted by molar-refractivity contribution is 0.0587. The van der Waals surface area contributed by atoms with Crippen LogP contribution in [0.3, 0.4) is 0 Å². The summed E-state index contributed by atoms with van der Waals surface area (Å²) >= 11 is 0. The van der Waals surface area contributed by atoms with Gasteiger partial charge in [-0.3, -0.25) is 4.79 Å². The Bertz CT molecular complexity index is 901. The number of aromatic nitrogens is 1. The molecular weight excluding hydrogens is 340 g/mol. The second kappa shape index (κ2) is 6.59. The molecule has 3 saturated heterocycles. The third-order valence-corrected chi connectivity index (χ3v) is 6.20. The highest BCUT2D eigenvalue weighted by atomic mass is 16.2. The maximum absolute atomic E-state index is 13.5. The van der Waals surface area contributed by atoms with E-state index in [1.807, 2.05) is 28.9 Å². The molecule has 2 bridgehead atoms. The molecule has 2 aromatic rings. The molecule has 1 aromatic heterocycles. The molecule has 0 aliphatic carbocycles. The molecule has 6 nitrogen and oxygen atoms in total. The van der Waals surface area contributed by atoms with Gasteiger partial charge in [0.15, 0.2) is 0 Å². The molecule has 0 spiro atoms. The SMILES string of the molecule is Cc1[nH]c2c(C(=O)N3C[C@@H]4CC[C@H]3CN(C(=O)N(C)C)C4)cccc2c1C. The van der Waals surface area contributed by atoms with Crippen molar-refractivity contribution in [1.29, 1.82) is 0 Å². The van der Waals surface area contributed by atoms with E-state index in [9.17, 15) is 9.59 Å². The van der Waals surface area contributed by atoms with Crippen LogP contribution in [0.4, 0.5) is 4.79 Å². The molecule has 144 valence electrons. The van der Waals surface area contributed by atoms with Gasteiger partial charge in [-0.15, -0.1) is 0 Å². The Balaban J connectivity index is 1.66. The van der Waals surface area contributed by atoms with Crippen molar-refractivity contribution in [2.45, 2.75) is 32.7 Å². The van der Waals surface area contributed by atoms with Gasteiger partial charge in [0.1, 0.15) is 0 Å². The first-order chi connectivity index (χ1) is 12.9. The summed E-state index contributed by atoms with van der Waals surface area (Å²) in [5.41, 5.74) is 3.96. The van der Waals surface area contributed by atoms with Crippen LogP contribution in [0.5, 0.6) is 0 Å². The normalized spacial score (nSPS) is 22.2. The number of hydrogen-bond acceptors (Lipinski definition) is 2. The van der Waals surface area contributed by atoms with Crippen molar-refractivity contribution in [2.24, 2.45) is 5.92 Å². The van der Waals surface area contributed by atoms with Gasteiger partial charge in [-0.2, -0.15) is 0 Å². The minimum absolute atomic E-state index is 0.0407. The van der Waals surface area contributed by atoms with Crippen LogP contribution < -0.4 is 0 Å². The van der Waals surface area contributed by atoms with E-state index in [2.05, 4.69) is 18.0 Å². The van der Waals surface area contributed by atoms with Crippen molar-refractivity contribution in [1.82, 2.24) is 19.7 Å². The van der Waals surface area contributed by atoms with Gasteiger partial charge in [0.25, 0.3) is 5.91 Å². The van der Waals surface area contributed by atoms with E-state index in [1.165, 1.54) is 5.56 Å². The fourth-order valence-corrected chi connectivity index (χ4v) is 4.59. The van der Waals surface area contributed by atoms with E-state index >= 15 is 0 Å². The largest absolute Gasteiger partial charge is 0.358 e. The van der Waals surface area contributed by atoms with E-state index in [4.69, 9.17) is 0 Å². The van der Waals surface area contributed by atoms with Gasteiger partial charge in [-0.05, 0) is 44.2 Å².